The third kappa shape index (κ3) is 3.67. The van der Waals surface area contributed by atoms with Crippen LogP contribution in [0.5, 0.6) is 0 Å². The molecule has 0 atom stereocenters. The first-order valence-corrected chi connectivity index (χ1v) is 8.51. The Hall–Kier alpha value is -2.00. The van der Waals surface area contributed by atoms with Crippen molar-refractivity contribution in [2.75, 3.05) is 11.1 Å². The van der Waals surface area contributed by atoms with Crippen molar-refractivity contribution in [3.63, 3.8) is 0 Å². The monoisotopic (exact) mass is 439 g/mol. The minimum Gasteiger partial charge on any atom is -0.382 e. The molecule has 0 spiro atoms. The highest BCUT2D eigenvalue weighted by Gasteiger charge is 2.18. The van der Waals surface area contributed by atoms with E-state index in [4.69, 9.17) is 5.73 Å². The van der Waals surface area contributed by atoms with Gasteiger partial charge in [0.1, 0.15) is 16.5 Å². The van der Waals surface area contributed by atoms with E-state index in [-0.39, 0.29) is 17.4 Å². The number of carbonyl (C=O) groups is 1. The van der Waals surface area contributed by atoms with Gasteiger partial charge in [-0.3, -0.25) is 4.79 Å². The van der Waals surface area contributed by atoms with Crippen LogP contribution in [-0.4, -0.2) is 10.8 Å². The van der Waals surface area contributed by atoms with E-state index in [1.165, 1.54) is 23.5 Å². The number of hydrogen-bond acceptors (Lipinski definition) is 5. The van der Waals surface area contributed by atoms with E-state index in [1.54, 1.807) is 24.3 Å². The fourth-order valence-electron chi connectivity index (χ4n) is 1.94. The normalized spacial score (nSPS) is 10.5. The lowest BCUT2D eigenvalue weighted by Gasteiger charge is -2.01. The Bertz CT molecular complexity index is 847. The SMILES string of the molecule is Nc1nc(Nc2ccc(F)cc2)sc1C(=O)c1ccc(I)cc1. The molecular formula is C16H11FIN3OS. The molecule has 4 nitrogen and oxygen atoms in total. The molecule has 0 fully saturated rings. The summed E-state index contributed by atoms with van der Waals surface area (Å²) in [7, 11) is 0. The van der Waals surface area contributed by atoms with Crippen molar-refractivity contribution in [3.8, 4) is 0 Å². The third-order valence-electron chi connectivity index (χ3n) is 3.06. The van der Waals surface area contributed by atoms with Gasteiger partial charge >= 0.3 is 0 Å². The molecule has 0 amide bonds. The van der Waals surface area contributed by atoms with Crippen LogP contribution in [0.25, 0.3) is 0 Å². The lowest BCUT2D eigenvalue weighted by atomic mass is 10.1. The number of nitrogens with zero attached hydrogens (tertiary/aromatic N) is 1. The average molecular weight is 439 g/mol. The number of benzene rings is 2. The van der Waals surface area contributed by atoms with Gasteiger partial charge in [-0.15, -0.1) is 0 Å². The van der Waals surface area contributed by atoms with Crippen molar-refractivity contribution >= 4 is 56.3 Å². The molecule has 0 aliphatic rings. The van der Waals surface area contributed by atoms with Crippen molar-refractivity contribution in [2.45, 2.75) is 0 Å². The van der Waals surface area contributed by atoms with Gasteiger partial charge in [-0.25, -0.2) is 9.37 Å². The summed E-state index contributed by atoms with van der Waals surface area (Å²) in [6.07, 6.45) is 0. The summed E-state index contributed by atoms with van der Waals surface area (Å²) < 4.78 is 14.0. The highest BCUT2D eigenvalue weighted by atomic mass is 127. The van der Waals surface area contributed by atoms with Gasteiger partial charge in [-0.2, -0.15) is 0 Å². The Morgan fingerprint density at radius 3 is 2.43 bits per heavy atom. The van der Waals surface area contributed by atoms with Crippen molar-refractivity contribution < 1.29 is 9.18 Å². The molecule has 0 saturated carbocycles. The van der Waals surface area contributed by atoms with Crippen LogP contribution in [-0.2, 0) is 0 Å². The molecule has 3 aromatic rings. The molecule has 3 rings (SSSR count). The van der Waals surface area contributed by atoms with Gasteiger partial charge in [0, 0.05) is 14.8 Å². The second kappa shape index (κ2) is 6.63. The maximum absolute atomic E-state index is 12.9. The fourth-order valence-corrected chi connectivity index (χ4v) is 3.16. The third-order valence-corrected chi connectivity index (χ3v) is 4.77. The van der Waals surface area contributed by atoms with Crippen LogP contribution in [0.2, 0.25) is 0 Å². The van der Waals surface area contributed by atoms with E-state index in [0.29, 0.717) is 21.3 Å². The molecule has 7 heteroatoms. The summed E-state index contributed by atoms with van der Waals surface area (Å²) in [5, 5.41) is 3.50. The fraction of sp³-hybridized carbons (Fsp3) is 0. The van der Waals surface area contributed by atoms with E-state index in [9.17, 15) is 9.18 Å². The number of nitrogens with one attached hydrogen (secondary N) is 1. The van der Waals surface area contributed by atoms with Crippen LogP contribution in [0.15, 0.2) is 48.5 Å². The molecule has 0 radical (unpaired) electrons. The number of anilines is 3. The zero-order valence-corrected chi connectivity index (χ0v) is 14.7. The van der Waals surface area contributed by atoms with Gasteiger partial charge < -0.3 is 11.1 Å². The minimum absolute atomic E-state index is 0.163. The molecule has 0 aliphatic carbocycles. The van der Waals surface area contributed by atoms with Gasteiger partial charge in [0.25, 0.3) is 0 Å². The maximum atomic E-state index is 12.9. The second-order valence-corrected chi connectivity index (χ2v) is 6.95. The number of nitrogen functional groups attached to an aromatic ring is 1. The lowest BCUT2D eigenvalue weighted by molar-refractivity contribution is 0.104. The molecule has 1 heterocycles. The van der Waals surface area contributed by atoms with Crippen molar-refractivity contribution in [2.24, 2.45) is 0 Å². The molecule has 0 saturated heterocycles. The van der Waals surface area contributed by atoms with E-state index < -0.39 is 0 Å². The van der Waals surface area contributed by atoms with E-state index >= 15 is 0 Å². The first-order valence-electron chi connectivity index (χ1n) is 6.62. The number of nitrogens with two attached hydrogens (primary N) is 1. The first kappa shape index (κ1) is 15.9. The summed E-state index contributed by atoms with van der Waals surface area (Å²) in [4.78, 5) is 17.0. The van der Waals surface area contributed by atoms with Crippen molar-refractivity contribution in [1.82, 2.24) is 4.98 Å². The van der Waals surface area contributed by atoms with Gasteiger partial charge in [-0.1, -0.05) is 11.3 Å². The molecule has 23 heavy (non-hydrogen) atoms. The van der Waals surface area contributed by atoms with Crippen LogP contribution < -0.4 is 11.1 Å². The highest BCUT2D eigenvalue weighted by molar-refractivity contribution is 14.1. The molecule has 0 unspecified atom stereocenters. The van der Waals surface area contributed by atoms with Crippen LogP contribution in [0.3, 0.4) is 0 Å². The number of halogens is 2. The van der Waals surface area contributed by atoms with Crippen molar-refractivity contribution in [1.29, 1.82) is 0 Å². The molecule has 116 valence electrons. The second-order valence-electron chi connectivity index (χ2n) is 4.70. The quantitative estimate of drug-likeness (QED) is 0.466. The zero-order chi connectivity index (χ0) is 16.4. The van der Waals surface area contributed by atoms with Crippen LogP contribution >= 0.6 is 33.9 Å². The molecular weight excluding hydrogens is 428 g/mol. The van der Waals surface area contributed by atoms with Crippen molar-refractivity contribution in [3.05, 3.63) is 68.4 Å². The van der Waals surface area contributed by atoms with E-state index in [1.807, 2.05) is 12.1 Å². The molecule has 1 aromatic heterocycles. The number of hydrogen-bond donors (Lipinski definition) is 2. The Balaban J connectivity index is 1.84. The molecule has 0 bridgehead atoms. The Morgan fingerprint density at radius 2 is 1.78 bits per heavy atom. The number of rotatable bonds is 4. The van der Waals surface area contributed by atoms with Gasteiger partial charge in [0.05, 0.1) is 0 Å². The Kier molecular flexibility index (Phi) is 4.58. The van der Waals surface area contributed by atoms with Crippen LogP contribution in [0.1, 0.15) is 15.2 Å². The number of ketones is 1. The van der Waals surface area contributed by atoms with Gasteiger partial charge in [-0.05, 0) is 71.1 Å². The van der Waals surface area contributed by atoms with E-state index in [2.05, 4.69) is 32.9 Å². The highest BCUT2D eigenvalue weighted by Crippen LogP contribution is 2.29. The maximum Gasteiger partial charge on any atom is 0.206 e. The van der Waals surface area contributed by atoms with E-state index in [0.717, 1.165) is 3.57 Å². The largest absolute Gasteiger partial charge is 0.382 e. The summed E-state index contributed by atoms with van der Waals surface area (Å²) in [6, 6.07) is 13.1. The molecule has 0 aliphatic heterocycles. The standard InChI is InChI=1S/C16H11FIN3OS/c17-10-3-7-12(8-4-10)20-16-21-15(19)14(23-16)13(22)9-1-5-11(18)6-2-9/h1-8H,19H2,(H,20,21). The minimum atomic E-state index is -0.316. The summed E-state index contributed by atoms with van der Waals surface area (Å²) >= 11 is 3.35. The lowest BCUT2D eigenvalue weighted by Crippen LogP contribution is -2.02. The summed E-state index contributed by atoms with van der Waals surface area (Å²) in [5.74, 6) is -0.296. The Labute approximate surface area is 149 Å². The van der Waals surface area contributed by atoms with Crippen LogP contribution in [0, 0.1) is 9.39 Å². The smallest absolute Gasteiger partial charge is 0.206 e. The topological polar surface area (TPSA) is 68.0 Å². The zero-order valence-electron chi connectivity index (χ0n) is 11.7. The summed E-state index contributed by atoms with van der Waals surface area (Å²) in [5.41, 5.74) is 7.10. The predicted octanol–water partition coefficient (Wildman–Crippen LogP) is 4.44. The average Bonchev–Trinajstić information content (AvgIpc) is 2.90. The van der Waals surface area contributed by atoms with Gasteiger partial charge in [0.2, 0.25) is 5.78 Å². The molecule has 3 N–H and O–H groups in total. The van der Waals surface area contributed by atoms with Crippen LogP contribution in [0.4, 0.5) is 21.0 Å². The first-order chi connectivity index (χ1) is 11.0. The predicted molar refractivity (Wildman–Crippen MR) is 98.8 cm³/mol. The number of thiazole rings is 1. The molecule has 2 aromatic carbocycles. The Morgan fingerprint density at radius 1 is 1.13 bits per heavy atom. The number of carbonyl (C=O) groups excluding carboxylic acids is 1. The summed E-state index contributed by atoms with van der Waals surface area (Å²) in [6.45, 7) is 0. The number of aromatic nitrogens is 1. The van der Waals surface area contributed by atoms with Gasteiger partial charge in [0.15, 0.2) is 5.13 Å².